The molecule has 0 aliphatic rings. The second-order valence-electron chi connectivity index (χ2n) is 8.06. The fourth-order valence-electron chi connectivity index (χ4n) is 4.03. The zero-order valence-electron chi connectivity index (χ0n) is 19.3. The number of fused-ring (bicyclic) bond motifs is 1. The maximum Gasteiger partial charge on any atom is 0.161 e. The minimum Gasteiger partial charge on any atom is -0.505 e. The summed E-state index contributed by atoms with van der Waals surface area (Å²) in [5.74, 6) is 2.05. The molecule has 5 rings (SSSR count). The maximum absolute atomic E-state index is 11.2. The molecule has 0 saturated carbocycles. The fourth-order valence-corrected chi connectivity index (χ4v) is 4.03. The number of phenols is 1. The molecule has 0 radical (unpaired) electrons. The number of anilines is 1. The summed E-state index contributed by atoms with van der Waals surface area (Å²) in [4.78, 5) is 8.81. The average molecular weight is 464 g/mol. The van der Waals surface area contributed by atoms with Crippen LogP contribution in [0, 0.1) is 0 Å². The number of phenolic OH excluding ortho intramolecular Hbond substituents is 1. The molecule has 5 aromatic rings. The predicted octanol–water partition coefficient (Wildman–Crippen LogP) is 6.12. The van der Waals surface area contributed by atoms with Crippen molar-refractivity contribution in [2.75, 3.05) is 12.4 Å². The van der Waals surface area contributed by atoms with Crippen LogP contribution >= 0.6 is 0 Å². The number of benzene rings is 3. The van der Waals surface area contributed by atoms with Crippen LogP contribution in [0.5, 0.6) is 17.2 Å². The maximum atomic E-state index is 11.2. The molecule has 35 heavy (non-hydrogen) atoms. The third-order valence-corrected chi connectivity index (χ3v) is 5.81. The predicted molar refractivity (Wildman–Crippen MR) is 137 cm³/mol. The Morgan fingerprint density at radius 2 is 1.66 bits per heavy atom. The molecule has 0 bridgehead atoms. The Kier molecular flexibility index (Phi) is 6.44. The second kappa shape index (κ2) is 10.1. The van der Waals surface area contributed by atoms with Gasteiger partial charge in [0.25, 0.3) is 0 Å². The normalized spacial score (nSPS) is 11.7. The fraction of sp³-hybridized carbons (Fsp3) is 0.103. The van der Waals surface area contributed by atoms with Crippen molar-refractivity contribution in [3.63, 3.8) is 0 Å². The first-order valence-corrected chi connectivity index (χ1v) is 11.3. The van der Waals surface area contributed by atoms with Gasteiger partial charge in [-0.15, -0.1) is 0 Å². The lowest BCUT2D eigenvalue weighted by Crippen LogP contribution is -2.14. The zero-order chi connectivity index (χ0) is 24.0. The SMILES string of the molecule is COc1cc([C@@H](Nc2ccccn2)c2ccc3cccnc3c2O)ccc1OCc1ccccc1. The van der Waals surface area contributed by atoms with Crippen molar-refractivity contribution in [2.24, 2.45) is 0 Å². The van der Waals surface area contributed by atoms with Crippen molar-refractivity contribution in [2.45, 2.75) is 12.6 Å². The van der Waals surface area contributed by atoms with E-state index in [4.69, 9.17) is 9.47 Å². The van der Waals surface area contributed by atoms with Crippen molar-refractivity contribution < 1.29 is 14.6 Å². The Bertz CT molecular complexity index is 1430. The molecule has 0 amide bonds. The quantitative estimate of drug-likeness (QED) is 0.289. The Balaban J connectivity index is 1.53. The molecule has 0 unspecified atom stereocenters. The van der Waals surface area contributed by atoms with E-state index in [0.717, 1.165) is 16.5 Å². The number of nitrogens with zero attached hydrogens (tertiary/aromatic N) is 2. The van der Waals surface area contributed by atoms with Gasteiger partial charge in [-0.25, -0.2) is 4.98 Å². The van der Waals surface area contributed by atoms with Gasteiger partial charge in [-0.3, -0.25) is 4.98 Å². The van der Waals surface area contributed by atoms with Crippen LogP contribution in [0.3, 0.4) is 0 Å². The van der Waals surface area contributed by atoms with E-state index < -0.39 is 6.04 Å². The number of aromatic hydroxyl groups is 1. The summed E-state index contributed by atoms with van der Waals surface area (Å²) in [7, 11) is 1.62. The van der Waals surface area contributed by atoms with Crippen molar-refractivity contribution in [3.05, 3.63) is 120 Å². The highest BCUT2D eigenvalue weighted by Crippen LogP contribution is 2.39. The number of ether oxygens (including phenoxy) is 2. The molecule has 3 aromatic carbocycles. The van der Waals surface area contributed by atoms with Crippen molar-refractivity contribution in [3.8, 4) is 17.2 Å². The van der Waals surface area contributed by atoms with E-state index in [2.05, 4.69) is 15.3 Å². The molecule has 0 spiro atoms. The van der Waals surface area contributed by atoms with E-state index in [-0.39, 0.29) is 5.75 Å². The van der Waals surface area contributed by atoms with Gasteiger partial charge in [0, 0.05) is 23.3 Å². The van der Waals surface area contributed by atoms with E-state index in [1.807, 2.05) is 91.0 Å². The number of hydrogen-bond acceptors (Lipinski definition) is 6. The third kappa shape index (κ3) is 4.87. The lowest BCUT2D eigenvalue weighted by Gasteiger charge is -2.23. The van der Waals surface area contributed by atoms with E-state index in [0.29, 0.717) is 35.0 Å². The molecule has 2 heterocycles. The Hall–Kier alpha value is -4.58. The minimum absolute atomic E-state index is 0.125. The van der Waals surface area contributed by atoms with Gasteiger partial charge in [-0.2, -0.15) is 0 Å². The summed E-state index contributed by atoms with van der Waals surface area (Å²) in [6, 6.07) is 28.6. The number of rotatable bonds is 8. The van der Waals surface area contributed by atoms with Gasteiger partial charge in [0.05, 0.1) is 13.2 Å². The smallest absolute Gasteiger partial charge is 0.161 e. The molecule has 0 saturated heterocycles. The second-order valence-corrected chi connectivity index (χ2v) is 8.06. The van der Waals surface area contributed by atoms with Crippen LogP contribution in [-0.2, 0) is 6.61 Å². The topological polar surface area (TPSA) is 76.5 Å². The van der Waals surface area contributed by atoms with Crippen molar-refractivity contribution >= 4 is 16.7 Å². The van der Waals surface area contributed by atoms with Crippen molar-refractivity contribution in [1.29, 1.82) is 0 Å². The van der Waals surface area contributed by atoms with E-state index in [1.54, 1.807) is 19.5 Å². The van der Waals surface area contributed by atoms with Gasteiger partial charge >= 0.3 is 0 Å². The summed E-state index contributed by atoms with van der Waals surface area (Å²) in [5.41, 5.74) is 3.18. The largest absolute Gasteiger partial charge is 0.505 e. The standard InChI is InChI=1S/C29H25N3O3/c1-34-25-18-22(13-15-24(25)35-19-20-8-3-2-4-9-20)27(32-26-11-5-6-16-30-26)23-14-12-21-10-7-17-31-28(21)29(23)33/h2-18,27,33H,19H2,1H3,(H,30,32)/t27-/m1/s1. The molecule has 0 aliphatic heterocycles. The Morgan fingerprint density at radius 1 is 0.829 bits per heavy atom. The molecule has 2 aromatic heterocycles. The lowest BCUT2D eigenvalue weighted by molar-refractivity contribution is 0.284. The molecular formula is C29H25N3O3. The number of nitrogens with one attached hydrogen (secondary N) is 1. The summed E-state index contributed by atoms with van der Waals surface area (Å²) in [5, 5.41) is 15.5. The van der Waals surface area contributed by atoms with Crippen LogP contribution in [0.2, 0.25) is 0 Å². The average Bonchev–Trinajstić information content (AvgIpc) is 2.92. The van der Waals surface area contributed by atoms with E-state index in [1.165, 1.54) is 0 Å². The summed E-state index contributed by atoms with van der Waals surface area (Å²) < 4.78 is 11.7. The first-order chi connectivity index (χ1) is 17.2. The van der Waals surface area contributed by atoms with Gasteiger partial charge < -0.3 is 19.9 Å². The molecular weight excluding hydrogens is 438 g/mol. The monoisotopic (exact) mass is 463 g/mol. The van der Waals surface area contributed by atoms with Gasteiger partial charge in [0.1, 0.15) is 23.7 Å². The van der Waals surface area contributed by atoms with Gasteiger partial charge in [-0.1, -0.05) is 60.7 Å². The molecule has 6 heteroatoms. The van der Waals surface area contributed by atoms with Gasteiger partial charge in [-0.05, 0) is 41.5 Å². The molecule has 174 valence electrons. The Labute approximate surface area is 203 Å². The van der Waals surface area contributed by atoms with Gasteiger partial charge in [0.2, 0.25) is 0 Å². The van der Waals surface area contributed by atoms with Crippen LogP contribution in [0.15, 0.2) is 103 Å². The molecule has 0 aliphatic carbocycles. The van der Waals surface area contributed by atoms with E-state index >= 15 is 0 Å². The first kappa shape index (κ1) is 22.2. The molecule has 0 fully saturated rings. The number of aromatic nitrogens is 2. The van der Waals surface area contributed by atoms with Gasteiger partial charge in [0.15, 0.2) is 11.5 Å². The molecule has 1 atom stereocenters. The highest BCUT2D eigenvalue weighted by molar-refractivity contribution is 5.86. The number of methoxy groups -OCH3 is 1. The first-order valence-electron chi connectivity index (χ1n) is 11.3. The van der Waals surface area contributed by atoms with Crippen LogP contribution < -0.4 is 14.8 Å². The number of pyridine rings is 2. The Morgan fingerprint density at radius 3 is 2.46 bits per heavy atom. The summed E-state index contributed by atoms with van der Waals surface area (Å²) in [6.45, 7) is 0.434. The molecule has 6 nitrogen and oxygen atoms in total. The van der Waals surface area contributed by atoms with Crippen LogP contribution in [-0.4, -0.2) is 22.2 Å². The summed E-state index contributed by atoms with van der Waals surface area (Å²) in [6.07, 6.45) is 3.40. The zero-order valence-corrected chi connectivity index (χ0v) is 19.3. The minimum atomic E-state index is -0.409. The highest BCUT2D eigenvalue weighted by Gasteiger charge is 2.22. The van der Waals surface area contributed by atoms with Crippen LogP contribution in [0.25, 0.3) is 10.9 Å². The van der Waals surface area contributed by atoms with Crippen LogP contribution in [0.1, 0.15) is 22.7 Å². The van der Waals surface area contributed by atoms with Crippen molar-refractivity contribution in [1.82, 2.24) is 9.97 Å². The third-order valence-electron chi connectivity index (χ3n) is 5.81. The molecule has 2 N–H and O–H groups in total. The highest BCUT2D eigenvalue weighted by atomic mass is 16.5. The lowest BCUT2D eigenvalue weighted by atomic mass is 9.95. The van der Waals surface area contributed by atoms with E-state index in [9.17, 15) is 5.11 Å². The summed E-state index contributed by atoms with van der Waals surface area (Å²) >= 11 is 0. The van der Waals surface area contributed by atoms with Crippen LogP contribution in [0.4, 0.5) is 5.82 Å². The number of hydrogen-bond donors (Lipinski definition) is 2.